The van der Waals surface area contributed by atoms with Crippen molar-refractivity contribution in [3.8, 4) is 5.75 Å². The predicted octanol–water partition coefficient (Wildman–Crippen LogP) is 7.34. The van der Waals surface area contributed by atoms with E-state index < -0.39 is 52.6 Å². The Balaban J connectivity index is 3.57. The van der Waals surface area contributed by atoms with Crippen LogP contribution in [0.5, 0.6) is 5.75 Å². The van der Waals surface area contributed by atoms with Crippen LogP contribution in [0.3, 0.4) is 0 Å². The second-order valence-corrected chi connectivity index (χ2v) is 6.40. The number of hydrogen-bond donors (Lipinski definition) is 0. The lowest BCUT2D eigenvalue weighted by molar-refractivity contribution is -0.448. The number of rotatable bonds is 8. The van der Waals surface area contributed by atoms with Crippen LogP contribution in [0.1, 0.15) is 0 Å². The summed E-state index contributed by atoms with van der Waals surface area (Å²) in [5.74, 6) is -47.5. The molecule has 0 bridgehead atoms. The minimum atomic E-state index is -8.39. The summed E-state index contributed by atoms with van der Waals surface area (Å²) in [5.41, 5.74) is -0.819. The Morgan fingerprint density at radius 3 is 1.36 bits per heavy atom. The van der Waals surface area contributed by atoms with Gasteiger partial charge < -0.3 is 4.74 Å². The van der Waals surface area contributed by atoms with E-state index in [1.807, 2.05) is 0 Å². The van der Waals surface area contributed by atoms with Crippen molar-refractivity contribution in [3.05, 3.63) is 24.3 Å². The maximum Gasteiger partial charge on any atom is 0.460 e. The molecule has 0 aliphatic rings. The first-order valence-electron chi connectivity index (χ1n) is 7.65. The van der Waals surface area contributed by atoms with Gasteiger partial charge >= 0.3 is 41.7 Å². The molecule has 0 aromatic heterocycles. The van der Waals surface area contributed by atoms with Gasteiger partial charge in [-0.25, -0.2) is 4.99 Å². The first-order chi connectivity index (χ1) is 14.4. The Bertz CT molecular complexity index is 876. The maximum absolute atomic E-state index is 13.9. The van der Waals surface area contributed by atoms with Crippen molar-refractivity contribution in [2.45, 2.75) is 41.7 Å². The minimum Gasteiger partial charge on any atom is -0.497 e. The van der Waals surface area contributed by atoms with Gasteiger partial charge in [0.25, 0.3) is 0 Å². The van der Waals surface area contributed by atoms with E-state index in [0.29, 0.717) is 12.1 Å². The summed E-state index contributed by atoms with van der Waals surface area (Å²) in [6.07, 6.45) is -7.67. The molecule has 0 saturated carbocycles. The monoisotopic (exact) mass is 537 g/mol. The molecule has 18 heteroatoms. The van der Waals surface area contributed by atoms with Crippen molar-refractivity contribution in [2.75, 3.05) is 7.11 Å². The Morgan fingerprint density at radius 2 is 1.00 bits per heavy atom. The molecule has 0 aliphatic carbocycles. The standard InChI is InChI=1S/C15H7ClF15NO/c1-33-7-4-2-6(3-5-7)32-8(16)9(17,18)10(19,20)11(21,22)12(23,24)13(25,26)14(27,28)15(29,30)31/h2-5H,1H3. The van der Waals surface area contributed by atoms with E-state index in [9.17, 15) is 65.9 Å². The number of benzene rings is 1. The van der Waals surface area contributed by atoms with Gasteiger partial charge in [-0.15, -0.1) is 0 Å². The largest absolute Gasteiger partial charge is 0.497 e. The van der Waals surface area contributed by atoms with Gasteiger partial charge in [0.15, 0.2) is 5.17 Å². The zero-order valence-corrected chi connectivity index (χ0v) is 16.0. The summed E-state index contributed by atoms with van der Waals surface area (Å²) in [5, 5.41) is -2.92. The highest BCUT2D eigenvalue weighted by Gasteiger charge is 2.93. The molecule has 1 rings (SSSR count). The van der Waals surface area contributed by atoms with Crippen LogP contribution in [0.15, 0.2) is 29.3 Å². The van der Waals surface area contributed by atoms with E-state index in [1.54, 1.807) is 0 Å². The van der Waals surface area contributed by atoms with Gasteiger partial charge in [0.05, 0.1) is 12.8 Å². The normalized spacial score (nSPS) is 15.6. The maximum atomic E-state index is 13.9. The van der Waals surface area contributed by atoms with Gasteiger partial charge in [-0.05, 0) is 24.3 Å². The molecule has 0 aliphatic heterocycles. The van der Waals surface area contributed by atoms with E-state index in [0.717, 1.165) is 19.2 Å². The second kappa shape index (κ2) is 8.30. The number of alkyl halides is 15. The molecule has 0 saturated heterocycles. The van der Waals surface area contributed by atoms with Gasteiger partial charge in [0, 0.05) is 0 Å². The van der Waals surface area contributed by atoms with E-state index in [-0.39, 0.29) is 5.75 Å². The molecule has 33 heavy (non-hydrogen) atoms. The highest BCUT2D eigenvalue weighted by atomic mass is 35.5. The molecular formula is C15H7ClF15NO. The van der Waals surface area contributed by atoms with Crippen LogP contribution in [0.2, 0.25) is 0 Å². The third kappa shape index (κ3) is 4.27. The lowest BCUT2D eigenvalue weighted by atomic mass is 9.91. The van der Waals surface area contributed by atoms with Gasteiger partial charge in [0.1, 0.15) is 5.75 Å². The Labute approximate surface area is 178 Å². The molecule has 0 fully saturated rings. The summed E-state index contributed by atoms with van der Waals surface area (Å²) < 4.78 is 202. The third-order valence-corrected chi connectivity index (χ3v) is 4.21. The summed E-state index contributed by atoms with van der Waals surface area (Å²) >= 11 is 4.69. The Kier molecular flexibility index (Phi) is 7.29. The van der Waals surface area contributed by atoms with Gasteiger partial charge in [-0.2, -0.15) is 65.9 Å². The summed E-state index contributed by atoms with van der Waals surface area (Å²) in [6, 6.07) is 3.25. The van der Waals surface area contributed by atoms with Crippen molar-refractivity contribution in [2.24, 2.45) is 4.99 Å². The molecule has 1 aromatic carbocycles. The molecule has 190 valence electrons. The predicted molar refractivity (Wildman–Crippen MR) is 81.7 cm³/mol. The van der Waals surface area contributed by atoms with Crippen LogP contribution >= 0.6 is 11.6 Å². The lowest BCUT2D eigenvalue weighted by Gasteiger charge is -2.41. The zero-order valence-electron chi connectivity index (χ0n) is 15.2. The molecule has 0 radical (unpaired) electrons. The minimum absolute atomic E-state index is 0.0150. The fourth-order valence-electron chi connectivity index (χ4n) is 1.94. The van der Waals surface area contributed by atoms with Crippen LogP contribution in [0.25, 0.3) is 0 Å². The fraction of sp³-hybridized carbons (Fsp3) is 0.533. The molecule has 0 spiro atoms. The molecule has 1 aromatic rings. The van der Waals surface area contributed by atoms with Gasteiger partial charge in [-0.1, -0.05) is 11.6 Å². The van der Waals surface area contributed by atoms with E-state index in [1.165, 1.54) is 0 Å². The van der Waals surface area contributed by atoms with Crippen LogP contribution in [-0.2, 0) is 0 Å². The summed E-state index contributed by atoms with van der Waals surface area (Å²) in [7, 11) is 1.11. The van der Waals surface area contributed by atoms with Gasteiger partial charge in [-0.3, -0.25) is 0 Å². The van der Waals surface area contributed by atoms with Crippen molar-refractivity contribution in [1.29, 1.82) is 0 Å². The first kappa shape index (κ1) is 29.0. The number of aliphatic imine (C=N–C) groups is 1. The fourth-order valence-corrected chi connectivity index (χ4v) is 2.15. The number of methoxy groups -OCH3 is 1. The topological polar surface area (TPSA) is 21.6 Å². The summed E-state index contributed by atoms with van der Waals surface area (Å²) in [4.78, 5) is 2.52. The second-order valence-electron chi connectivity index (χ2n) is 6.04. The van der Waals surface area contributed by atoms with Crippen molar-refractivity contribution in [3.63, 3.8) is 0 Å². The molecular weight excluding hydrogens is 531 g/mol. The van der Waals surface area contributed by atoms with Crippen LogP contribution in [0.4, 0.5) is 71.5 Å². The molecule has 0 unspecified atom stereocenters. The zero-order chi connectivity index (χ0) is 26.5. The smallest absolute Gasteiger partial charge is 0.460 e. The van der Waals surface area contributed by atoms with E-state index in [4.69, 9.17) is 11.6 Å². The molecule has 0 heterocycles. The average molecular weight is 538 g/mol. The van der Waals surface area contributed by atoms with Crippen LogP contribution in [-0.4, -0.2) is 54.0 Å². The van der Waals surface area contributed by atoms with Crippen molar-refractivity contribution < 1.29 is 70.6 Å². The van der Waals surface area contributed by atoms with Crippen LogP contribution < -0.4 is 4.74 Å². The quantitative estimate of drug-likeness (QED) is 0.251. The number of hydrogen-bond acceptors (Lipinski definition) is 2. The van der Waals surface area contributed by atoms with E-state index >= 15 is 0 Å². The highest BCUT2D eigenvalue weighted by molar-refractivity contribution is 6.67. The van der Waals surface area contributed by atoms with E-state index in [2.05, 4.69) is 9.73 Å². The lowest BCUT2D eigenvalue weighted by Crippen LogP contribution is -2.73. The Morgan fingerprint density at radius 1 is 0.636 bits per heavy atom. The highest BCUT2D eigenvalue weighted by Crippen LogP contribution is 2.62. The number of halogens is 16. The SMILES string of the molecule is COc1ccc(N=C(Cl)C(F)(F)C(F)(F)C(F)(F)C(F)(F)C(F)(F)C(F)(F)C(F)(F)F)cc1. The number of nitrogens with zero attached hydrogens (tertiary/aromatic N) is 1. The molecule has 0 amide bonds. The third-order valence-electron chi connectivity index (χ3n) is 3.89. The molecule has 0 atom stereocenters. The van der Waals surface area contributed by atoms with Crippen molar-refractivity contribution >= 4 is 22.5 Å². The summed E-state index contributed by atoms with van der Waals surface area (Å²) in [6.45, 7) is 0. The van der Waals surface area contributed by atoms with Crippen LogP contribution in [0, 0.1) is 0 Å². The number of ether oxygens (including phenoxy) is 1. The van der Waals surface area contributed by atoms with Gasteiger partial charge in [0.2, 0.25) is 0 Å². The first-order valence-corrected chi connectivity index (χ1v) is 8.03. The molecule has 0 N–H and O–H groups in total. The molecule has 2 nitrogen and oxygen atoms in total. The Hall–Kier alpha value is -2.07. The van der Waals surface area contributed by atoms with Crippen molar-refractivity contribution in [1.82, 2.24) is 0 Å². The average Bonchev–Trinajstić information content (AvgIpc) is 2.66.